The van der Waals surface area contributed by atoms with Gasteiger partial charge in [0.1, 0.15) is 6.07 Å². The number of anilines is 3. The highest BCUT2D eigenvalue weighted by atomic mass is 16.1. The number of fused-ring (bicyclic) bond motifs is 1. The SMILES string of the molecule is Cc1ccc(Nc2cc(NC3CC3)c3ncc(C#N)n3n2)cc1CC(N)=O. The van der Waals surface area contributed by atoms with E-state index in [4.69, 9.17) is 5.73 Å². The van der Waals surface area contributed by atoms with Crippen LogP contribution in [0.3, 0.4) is 0 Å². The van der Waals surface area contributed by atoms with Crippen molar-refractivity contribution in [3.63, 3.8) is 0 Å². The van der Waals surface area contributed by atoms with Gasteiger partial charge in [0.15, 0.2) is 17.2 Å². The Morgan fingerprint density at radius 1 is 1.41 bits per heavy atom. The summed E-state index contributed by atoms with van der Waals surface area (Å²) in [5, 5.41) is 20.5. The smallest absolute Gasteiger partial charge is 0.221 e. The monoisotopic (exact) mass is 361 g/mol. The van der Waals surface area contributed by atoms with Gasteiger partial charge in [0.25, 0.3) is 0 Å². The van der Waals surface area contributed by atoms with Gasteiger partial charge in [-0.05, 0) is 43.0 Å². The van der Waals surface area contributed by atoms with Crippen molar-refractivity contribution in [2.45, 2.75) is 32.2 Å². The van der Waals surface area contributed by atoms with Gasteiger partial charge in [-0.1, -0.05) is 6.07 Å². The third kappa shape index (κ3) is 3.53. The largest absolute Gasteiger partial charge is 0.379 e. The van der Waals surface area contributed by atoms with Gasteiger partial charge in [0.05, 0.1) is 18.3 Å². The van der Waals surface area contributed by atoms with E-state index >= 15 is 0 Å². The van der Waals surface area contributed by atoms with Crippen LogP contribution in [0.2, 0.25) is 0 Å². The maximum atomic E-state index is 11.3. The van der Waals surface area contributed by atoms with E-state index in [0.29, 0.717) is 23.2 Å². The molecule has 3 aromatic rings. The van der Waals surface area contributed by atoms with Gasteiger partial charge in [-0.25, -0.2) is 4.98 Å². The molecule has 1 aliphatic carbocycles. The molecule has 27 heavy (non-hydrogen) atoms. The molecule has 0 saturated heterocycles. The van der Waals surface area contributed by atoms with E-state index in [0.717, 1.165) is 35.3 Å². The number of nitriles is 1. The Bertz CT molecular complexity index is 1080. The standard InChI is InChI=1S/C19H19N7O/c1-11-2-3-14(6-12(11)7-17(21)27)24-18-8-16(23-13-4-5-13)19-22-10-15(9-20)26(19)25-18/h2-3,6,8,10,13,23H,4-5,7H2,1H3,(H2,21,27)(H,24,25). The zero-order valence-electron chi connectivity index (χ0n) is 14.9. The van der Waals surface area contributed by atoms with E-state index < -0.39 is 0 Å². The van der Waals surface area contributed by atoms with Crippen LogP contribution < -0.4 is 16.4 Å². The van der Waals surface area contributed by atoms with Crippen molar-refractivity contribution in [2.75, 3.05) is 10.6 Å². The van der Waals surface area contributed by atoms with Gasteiger partial charge in [-0.3, -0.25) is 4.79 Å². The average Bonchev–Trinajstić information content (AvgIpc) is 3.34. The summed E-state index contributed by atoms with van der Waals surface area (Å²) in [5.74, 6) is 0.205. The highest BCUT2D eigenvalue weighted by Crippen LogP contribution is 2.29. The summed E-state index contributed by atoms with van der Waals surface area (Å²) in [6, 6.07) is 10.2. The molecule has 1 saturated carbocycles. The molecule has 0 aliphatic heterocycles. The molecule has 2 aromatic heterocycles. The lowest BCUT2D eigenvalue weighted by molar-refractivity contribution is -0.117. The van der Waals surface area contributed by atoms with Gasteiger partial charge >= 0.3 is 0 Å². The minimum atomic E-state index is -0.372. The van der Waals surface area contributed by atoms with Gasteiger partial charge in [0, 0.05) is 17.8 Å². The third-order valence-electron chi connectivity index (χ3n) is 4.51. The Morgan fingerprint density at radius 2 is 2.22 bits per heavy atom. The fourth-order valence-corrected chi connectivity index (χ4v) is 2.93. The van der Waals surface area contributed by atoms with Crippen molar-refractivity contribution in [1.82, 2.24) is 14.6 Å². The minimum absolute atomic E-state index is 0.183. The molecule has 4 N–H and O–H groups in total. The number of carbonyl (C=O) groups excluding carboxylic acids is 1. The third-order valence-corrected chi connectivity index (χ3v) is 4.51. The fourth-order valence-electron chi connectivity index (χ4n) is 2.93. The molecule has 8 heteroatoms. The van der Waals surface area contributed by atoms with Crippen LogP contribution in [-0.4, -0.2) is 26.5 Å². The van der Waals surface area contributed by atoms with Crippen LogP contribution in [0.15, 0.2) is 30.5 Å². The topological polar surface area (TPSA) is 121 Å². The summed E-state index contributed by atoms with van der Waals surface area (Å²) >= 11 is 0. The molecule has 0 bridgehead atoms. The number of nitrogens with one attached hydrogen (secondary N) is 2. The summed E-state index contributed by atoms with van der Waals surface area (Å²) < 4.78 is 1.53. The zero-order chi connectivity index (χ0) is 19.0. The maximum absolute atomic E-state index is 11.3. The van der Waals surface area contributed by atoms with Crippen molar-refractivity contribution < 1.29 is 4.79 Å². The van der Waals surface area contributed by atoms with Crippen molar-refractivity contribution >= 4 is 28.7 Å². The number of rotatable bonds is 6. The first-order valence-corrected chi connectivity index (χ1v) is 8.74. The Labute approximate surface area is 156 Å². The lowest BCUT2D eigenvalue weighted by Crippen LogP contribution is -2.14. The first kappa shape index (κ1) is 16.8. The Kier molecular flexibility index (Phi) is 4.12. The first-order chi connectivity index (χ1) is 13.0. The van der Waals surface area contributed by atoms with E-state index in [9.17, 15) is 10.1 Å². The maximum Gasteiger partial charge on any atom is 0.221 e. The van der Waals surface area contributed by atoms with Crippen LogP contribution in [0.4, 0.5) is 17.2 Å². The second-order valence-electron chi connectivity index (χ2n) is 6.76. The zero-order valence-corrected chi connectivity index (χ0v) is 14.9. The number of aromatic nitrogens is 3. The summed E-state index contributed by atoms with van der Waals surface area (Å²) in [5.41, 5.74) is 9.82. The van der Waals surface area contributed by atoms with E-state index in [1.54, 1.807) is 0 Å². The van der Waals surface area contributed by atoms with Gasteiger partial charge in [-0.2, -0.15) is 9.78 Å². The number of aryl methyl sites for hydroxylation is 1. The molecule has 8 nitrogen and oxygen atoms in total. The molecule has 4 rings (SSSR count). The fraction of sp³-hybridized carbons (Fsp3) is 0.263. The summed E-state index contributed by atoms with van der Waals surface area (Å²) in [6.07, 6.45) is 3.94. The number of benzene rings is 1. The normalized spacial score (nSPS) is 13.3. The van der Waals surface area contributed by atoms with E-state index in [-0.39, 0.29) is 12.3 Å². The number of carbonyl (C=O) groups is 1. The molecule has 1 aliphatic rings. The van der Waals surface area contributed by atoms with E-state index in [1.807, 2.05) is 31.2 Å². The Morgan fingerprint density at radius 3 is 2.93 bits per heavy atom. The van der Waals surface area contributed by atoms with Crippen LogP contribution in [0.5, 0.6) is 0 Å². The van der Waals surface area contributed by atoms with Crippen LogP contribution in [0, 0.1) is 18.3 Å². The van der Waals surface area contributed by atoms with E-state index in [1.165, 1.54) is 10.7 Å². The molecule has 2 heterocycles. The number of hydrogen-bond acceptors (Lipinski definition) is 6. The predicted octanol–water partition coefficient (Wildman–Crippen LogP) is 2.26. The van der Waals surface area contributed by atoms with Crippen LogP contribution in [0.1, 0.15) is 29.7 Å². The summed E-state index contributed by atoms with van der Waals surface area (Å²) in [6.45, 7) is 1.94. The van der Waals surface area contributed by atoms with Crippen LogP contribution in [0.25, 0.3) is 5.65 Å². The van der Waals surface area contributed by atoms with Gasteiger partial charge < -0.3 is 16.4 Å². The lowest BCUT2D eigenvalue weighted by Gasteiger charge is -2.12. The molecule has 1 aromatic carbocycles. The van der Waals surface area contributed by atoms with Crippen molar-refractivity contribution in [1.29, 1.82) is 5.26 Å². The molecule has 1 amide bonds. The summed E-state index contributed by atoms with van der Waals surface area (Å²) in [4.78, 5) is 15.6. The number of nitrogens with two attached hydrogens (primary N) is 1. The Hall–Kier alpha value is -3.60. The number of nitrogens with zero attached hydrogens (tertiary/aromatic N) is 4. The highest BCUT2D eigenvalue weighted by molar-refractivity contribution is 5.78. The molecule has 0 unspecified atom stereocenters. The predicted molar refractivity (Wildman–Crippen MR) is 102 cm³/mol. The molecule has 1 fully saturated rings. The number of imidazole rings is 1. The van der Waals surface area contributed by atoms with Crippen molar-refractivity contribution in [3.05, 3.63) is 47.3 Å². The van der Waals surface area contributed by atoms with E-state index in [2.05, 4.69) is 26.8 Å². The molecule has 136 valence electrons. The van der Waals surface area contributed by atoms with Gasteiger partial charge in [0.2, 0.25) is 5.91 Å². The van der Waals surface area contributed by atoms with Crippen molar-refractivity contribution in [2.24, 2.45) is 5.73 Å². The molecule has 0 atom stereocenters. The molecule has 0 radical (unpaired) electrons. The summed E-state index contributed by atoms with van der Waals surface area (Å²) in [7, 11) is 0. The highest BCUT2D eigenvalue weighted by Gasteiger charge is 2.23. The molecular formula is C19H19N7O. The minimum Gasteiger partial charge on any atom is -0.379 e. The lowest BCUT2D eigenvalue weighted by atomic mass is 10.0. The second-order valence-corrected chi connectivity index (χ2v) is 6.76. The molecule has 0 spiro atoms. The quantitative estimate of drug-likeness (QED) is 0.619. The van der Waals surface area contributed by atoms with Crippen LogP contribution in [-0.2, 0) is 11.2 Å². The Balaban J connectivity index is 1.71. The van der Waals surface area contributed by atoms with Crippen LogP contribution >= 0.6 is 0 Å². The van der Waals surface area contributed by atoms with Gasteiger partial charge in [-0.15, -0.1) is 5.10 Å². The first-order valence-electron chi connectivity index (χ1n) is 8.74. The number of amides is 1. The second kappa shape index (κ2) is 6.61. The average molecular weight is 361 g/mol. The van der Waals surface area contributed by atoms with Crippen molar-refractivity contribution in [3.8, 4) is 6.07 Å². The number of primary amides is 1. The number of hydrogen-bond donors (Lipinski definition) is 3. The molecular weight excluding hydrogens is 342 g/mol.